The number of aryl methyl sites for hydroxylation is 2. The van der Waals surface area contributed by atoms with Crippen LogP contribution in [0.2, 0.25) is 0 Å². The van der Waals surface area contributed by atoms with Crippen molar-refractivity contribution in [3.63, 3.8) is 0 Å². The van der Waals surface area contributed by atoms with Crippen LogP contribution in [0.25, 0.3) is 0 Å². The first-order valence-electron chi connectivity index (χ1n) is 7.49. The molecule has 2 N–H and O–H groups in total. The Morgan fingerprint density at radius 3 is 2.38 bits per heavy atom. The number of oxazole rings is 1. The molecular weight excluding hydrogens is 324 g/mol. The number of halogens is 2. The van der Waals surface area contributed by atoms with Gasteiger partial charge in [0.25, 0.3) is 12.3 Å². The number of nitrogens with zero attached hydrogens (tertiary/aromatic N) is 1. The van der Waals surface area contributed by atoms with Crippen LogP contribution in [-0.2, 0) is 4.74 Å². The van der Waals surface area contributed by atoms with Gasteiger partial charge in [-0.15, -0.1) is 0 Å². The van der Waals surface area contributed by atoms with Crippen molar-refractivity contribution >= 4 is 12.0 Å². The summed E-state index contributed by atoms with van der Waals surface area (Å²) >= 11 is 0. The summed E-state index contributed by atoms with van der Waals surface area (Å²) in [5, 5.41) is 4.58. The number of ether oxygens (including phenoxy) is 1. The molecule has 9 heteroatoms. The lowest BCUT2D eigenvalue weighted by atomic mass is 10.2. The molecule has 0 saturated carbocycles. The minimum absolute atomic E-state index is 0.0294. The van der Waals surface area contributed by atoms with Crippen molar-refractivity contribution in [3.05, 3.63) is 17.3 Å². The van der Waals surface area contributed by atoms with Gasteiger partial charge in [-0.2, -0.15) is 0 Å². The minimum atomic E-state index is -2.79. The van der Waals surface area contributed by atoms with Gasteiger partial charge in [-0.25, -0.2) is 18.6 Å². The quantitative estimate of drug-likeness (QED) is 0.825. The van der Waals surface area contributed by atoms with Crippen LogP contribution in [0.5, 0.6) is 0 Å². The van der Waals surface area contributed by atoms with E-state index in [2.05, 4.69) is 15.6 Å². The molecular formula is C15H23F2N3O4. The van der Waals surface area contributed by atoms with E-state index in [0.717, 1.165) is 0 Å². The summed E-state index contributed by atoms with van der Waals surface area (Å²) in [6.45, 7) is 8.08. The highest BCUT2D eigenvalue weighted by molar-refractivity contribution is 5.93. The zero-order valence-corrected chi connectivity index (χ0v) is 14.4. The minimum Gasteiger partial charge on any atom is -0.445 e. The number of nitrogens with one attached hydrogen (secondary N) is 2. The van der Waals surface area contributed by atoms with Crippen LogP contribution in [-0.4, -0.2) is 41.6 Å². The second-order valence-electron chi connectivity index (χ2n) is 6.27. The molecule has 7 nitrogen and oxygen atoms in total. The number of aromatic nitrogens is 1. The number of hydrogen-bond donors (Lipinski definition) is 2. The van der Waals surface area contributed by atoms with E-state index in [4.69, 9.17) is 9.15 Å². The van der Waals surface area contributed by atoms with Gasteiger partial charge in [-0.3, -0.25) is 4.79 Å². The topological polar surface area (TPSA) is 93.5 Å². The fraction of sp³-hybridized carbons (Fsp3) is 0.667. The molecule has 0 saturated heterocycles. The molecule has 1 heterocycles. The summed E-state index contributed by atoms with van der Waals surface area (Å²) in [5.41, 5.74) is -0.707. The maximum absolute atomic E-state index is 13.1. The molecule has 1 unspecified atom stereocenters. The van der Waals surface area contributed by atoms with Crippen LogP contribution in [0, 0.1) is 13.8 Å². The van der Waals surface area contributed by atoms with E-state index in [-0.39, 0.29) is 30.3 Å². The van der Waals surface area contributed by atoms with E-state index in [0.29, 0.717) is 0 Å². The number of carbonyl (C=O) groups excluding carboxylic acids is 2. The molecule has 1 rings (SSSR count). The largest absolute Gasteiger partial charge is 0.445 e. The Hall–Kier alpha value is -2.19. The standard InChI is InChI=1S/C15H23F2N3O4/c1-8-11(19-9(2)23-8)13(21)20-10(12(16)17)6-7-18-14(22)24-15(3,4)5/h10,12H,6-7H2,1-5H3,(H,18,22)(H,20,21). The maximum Gasteiger partial charge on any atom is 0.407 e. The van der Waals surface area contributed by atoms with Crippen LogP contribution < -0.4 is 10.6 Å². The van der Waals surface area contributed by atoms with Gasteiger partial charge in [0.05, 0.1) is 6.04 Å². The fourth-order valence-corrected chi connectivity index (χ4v) is 1.88. The predicted molar refractivity (Wildman–Crippen MR) is 82.1 cm³/mol. The number of carbonyl (C=O) groups is 2. The number of rotatable bonds is 6. The van der Waals surface area contributed by atoms with Crippen molar-refractivity contribution < 1.29 is 27.5 Å². The van der Waals surface area contributed by atoms with Gasteiger partial charge in [0.1, 0.15) is 11.4 Å². The first kappa shape index (κ1) is 19.9. The lowest BCUT2D eigenvalue weighted by molar-refractivity contribution is 0.0509. The highest BCUT2D eigenvalue weighted by atomic mass is 19.3. The van der Waals surface area contributed by atoms with E-state index < -0.39 is 30.1 Å². The second kappa shape index (κ2) is 8.07. The lowest BCUT2D eigenvalue weighted by Crippen LogP contribution is -2.43. The number of amides is 2. The zero-order valence-electron chi connectivity index (χ0n) is 14.4. The van der Waals surface area contributed by atoms with Gasteiger partial charge in [0.15, 0.2) is 11.6 Å². The molecule has 0 aliphatic heterocycles. The van der Waals surface area contributed by atoms with Crippen LogP contribution >= 0.6 is 0 Å². The Bertz CT molecular complexity index is 582. The number of hydrogen-bond acceptors (Lipinski definition) is 5. The van der Waals surface area contributed by atoms with Gasteiger partial charge in [0.2, 0.25) is 0 Å². The third-order valence-electron chi connectivity index (χ3n) is 2.86. The number of alkyl carbamates (subject to hydrolysis) is 1. The lowest BCUT2D eigenvalue weighted by Gasteiger charge is -2.21. The molecule has 1 atom stereocenters. The second-order valence-corrected chi connectivity index (χ2v) is 6.27. The van der Waals surface area contributed by atoms with Gasteiger partial charge in [-0.1, -0.05) is 0 Å². The average molecular weight is 347 g/mol. The Morgan fingerprint density at radius 1 is 1.29 bits per heavy atom. The first-order chi connectivity index (χ1) is 11.0. The molecule has 2 amide bonds. The third kappa shape index (κ3) is 6.51. The van der Waals surface area contributed by atoms with Crippen molar-refractivity contribution in [2.75, 3.05) is 6.54 Å². The van der Waals surface area contributed by atoms with Crippen LogP contribution in [0.3, 0.4) is 0 Å². The SMILES string of the molecule is Cc1nc(C(=O)NC(CCNC(=O)OC(C)(C)C)C(F)F)c(C)o1. The smallest absolute Gasteiger partial charge is 0.407 e. The van der Waals surface area contributed by atoms with Crippen molar-refractivity contribution in [2.24, 2.45) is 0 Å². The highest BCUT2D eigenvalue weighted by Crippen LogP contribution is 2.12. The molecule has 1 aromatic heterocycles. The molecule has 0 aliphatic rings. The Kier molecular flexibility index (Phi) is 6.68. The summed E-state index contributed by atoms with van der Waals surface area (Å²) < 4.78 is 36.3. The van der Waals surface area contributed by atoms with Gasteiger partial charge < -0.3 is 19.8 Å². The van der Waals surface area contributed by atoms with E-state index in [1.165, 1.54) is 6.92 Å². The van der Waals surface area contributed by atoms with Gasteiger partial charge >= 0.3 is 6.09 Å². The first-order valence-corrected chi connectivity index (χ1v) is 7.49. The van der Waals surface area contributed by atoms with E-state index in [1.54, 1.807) is 27.7 Å². The Labute approximate surface area is 139 Å². The van der Waals surface area contributed by atoms with E-state index >= 15 is 0 Å². The fourth-order valence-electron chi connectivity index (χ4n) is 1.88. The van der Waals surface area contributed by atoms with Crippen molar-refractivity contribution in [3.8, 4) is 0 Å². The summed E-state index contributed by atoms with van der Waals surface area (Å²) in [4.78, 5) is 27.3. The predicted octanol–water partition coefficient (Wildman–Crippen LogP) is 2.57. The van der Waals surface area contributed by atoms with Gasteiger partial charge in [-0.05, 0) is 34.1 Å². The molecule has 0 spiro atoms. The van der Waals surface area contributed by atoms with E-state index in [9.17, 15) is 18.4 Å². The Balaban J connectivity index is 2.54. The maximum atomic E-state index is 13.1. The molecule has 24 heavy (non-hydrogen) atoms. The van der Waals surface area contributed by atoms with Gasteiger partial charge in [0, 0.05) is 13.5 Å². The summed E-state index contributed by atoms with van der Waals surface area (Å²) in [6, 6.07) is -1.43. The normalized spacial score (nSPS) is 12.8. The summed E-state index contributed by atoms with van der Waals surface area (Å²) in [6.07, 6.45) is -3.65. The summed E-state index contributed by atoms with van der Waals surface area (Å²) in [7, 11) is 0. The molecule has 0 radical (unpaired) electrons. The summed E-state index contributed by atoms with van der Waals surface area (Å²) in [5.74, 6) is -0.213. The van der Waals surface area contributed by atoms with Crippen molar-refractivity contribution in [1.29, 1.82) is 0 Å². The molecule has 1 aromatic rings. The average Bonchev–Trinajstić information content (AvgIpc) is 2.74. The molecule has 0 aliphatic carbocycles. The van der Waals surface area contributed by atoms with E-state index in [1.807, 2.05) is 0 Å². The van der Waals surface area contributed by atoms with Crippen LogP contribution in [0.4, 0.5) is 13.6 Å². The third-order valence-corrected chi connectivity index (χ3v) is 2.86. The monoisotopic (exact) mass is 347 g/mol. The van der Waals surface area contributed by atoms with Crippen molar-refractivity contribution in [2.45, 2.75) is 59.1 Å². The zero-order chi connectivity index (χ0) is 18.5. The molecule has 136 valence electrons. The Morgan fingerprint density at radius 2 is 1.92 bits per heavy atom. The molecule has 0 fully saturated rings. The highest BCUT2D eigenvalue weighted by Gasteiger charge is 2.26. The van der Waals surface area contributed by atoms with Crippen LogP contribution in [0.1, 0.15) is 49.3 Å². The van der Waals surface area contributed by atoms with Crippen molar-refractivity contribution in [1.82, 2.24) is 15.6 Å². The number of alkyl halides is 2. The molecule has 0 bridgehead atoms. The molecule has 0 aromatic carbocycles. The van der Waals surface area contributed by atoms with Crippen LogP contribution in [0.15, 0.2) is 4.42 Å².